The molecule has 1 aromatic rings. The maximum Gasteiger partial charge on any atom is 1.00 e. The van der Waals surface area contributed by atoms with E-state index in [-0.39, 0.29) is 1.43 Å². The number of benzene rings is 1. The molecule has 0 fully saturated rings. The van der Waals surface area contributed by atoms with Crippen LogP contribution in [0.4, 0.5) is 25.2 Å². The Labute approximate surface area is 106 Å². The first-order chi connectivity index (χ1) is 7.74. The van der Waals surface area contributed by atoms with Gasteiger partial charge in [-0.25, -0.2) is 0 Å². The van der Waals surface area contributed by atoms with E-state index in [1.54, 1.807) is 0 Å². The molecule has 1 rings (SSSR count). The van der Waals surface area contributed by atoms with Gasteiger partial charge in [0.2, 0.25) is 0 Å². The van der Waals surface area contributed by atoms with Crippen molar-refractivity contribution in [1.82, 2.24) is 5.32 Å². The van der Waals surface area contributed by atoms with E-state index in [4.69, 9.17) is 5.73 Å². The third kappa shape index (κ3) is 20.3. The van der Waals surface area contributed by atoms with Crippen molar-refractivity contribution in [2.24, 2.45) is 5.73 Å². The topological polar surface area (TPSA) is 38.0 Å². The van der Waals surface area contributed by atoms with Crippen LogP contribution in [0.15, 0.2) is 30.3 Å². The van der Waals surface area contributed by atoms with Crippen LogP contribution in [0.2, 0.25) is 0 Å². The van der Waals surface area contributed by atoms with Crippen LogP contribution in [0, 0.1) is 0 Å². The van der Waals surface area contributed by atoms with Crippen molar-refractivity contribution < 1.29 is 26.6 Å². The number of nitrogens with one attached hydrogen (secondary N) is 1. The molecule has 0 atom stereocenters. The normalized spacial score (nSPS) is 14.6. The standard InChI is InChI=1S/C8H10N2S.F6P/c9-8(11)10-6-7-4-2-1-3-5-7;1-7(2,3,4,5)6/h1-5H,6H2,(H3,9,10,11);/q;-1/p+1. The zero-order valence-electron chi connectivity index (χ0n) is 9.79. The average Bonchev–Trinajstić information content (AvgIpc) is 2.11. The minimum atomic E-state index is -10.7. The molecule has 0 radical (unpaired) electrons. The molecule has 0 bridgehead atoms. The summed E-state index contributed by atoms with van der Waals surface area (Å²) in [5, 5.41) is 3.21. The Morgan fingerprint density at radius 3 is 1.83 bits per heavy atom. The van der Waals surface area contributed by atoms with Crippen molar-refractivity contribution in [1.29, 1.82) is 0 Å². The van der Waals surface area contributed by atoms with E-state index in [0.717, 1.165) is 0 Å². The molecule has 2 nitrogen and oxygen atoms in total. The maximum absolute atomic E-state index is 10.7. The van der Waals surface area contributed by atoms with Gasteiger partial charge in [-0.3, -0.25) is 0 Å². The minimum Gasteiger partial charge on any atom is -0.376 e. The van der Waals surface area contributed by atoms with Gasteiger partial charge in [-0.1, -0.05) is 30.3 Å². The summed E-state index contributed by atoms with van der Waals surface area (Å²) in [6.07, 6.45) is 0. The zero-order valence-corrected chi connectivity index (χ0v) is 10.5. The molecule has 0 amide bonds. The predicted octanol–water partition coefficient (Wildman–Crippen LogP) is 4.51. The second kappa shape index (κ2) is 4.89. The van der Waals surface area contributed by atoms with Crippen LogP contribution in [0.25, 0.3) is 0 Å². The molecule has 3 N–H and O–H groups in total. The fraction of sp³-hybridized carbons (Fsp3) is 0.125. The van der Waals surface area contributed by atoms with Crippen LogP contribution >= 0.6 is 20.0 Å². The van der Waals surface area contributed by atoms with Crippen LogP contribution in [-0.2, 0) is 6.54 Å². The van der Waals surface area contributed by atoms with Gasteiger partial charge in [0.15, 0.2) is 5.11 Å². The third-order valence-electron chi connectivity index (χ3n) is 1.31. The number of rotatable bonds is 2. The monoisotopic (exact) mass is 312 g/mol. The summed E-state index contributed by atoms with van der Waals surface area (Å²) in [6.45, 7) is 0.705. The van der Waals surface area contributed by atoms with Gasteiger partial charge in [-0.15, -0.1) is 0 Å². The van der Waals surface area contributed by atoms with E-state index in [2.05, 4.69) is 17.5 Å². The molecule has 0 unspecified atom stereocenters. The largest absolute Gasteiger partial charge is 1.00 e. The molecule has 0 aromatic heterocycles. The van der Waals surface area contributed by atoms with Gasteiger partial charge in [0.05, 0.1) is 0 Å². The summed E-state index contributed by atoms with van der Waals surface area (Å²) in [4.78, 5) is 0. The second-order valence-corrected chi connectivity index (χ2v) is 5.52. The Bertz CT molecular complexity index is 398. The van der Waals surface area contributed by atoms with E-state index < -0.39 is 7.81 Å². The number of thiocarbonyl (C=S) groups is 1. The predicted molar refractivity (Wildman–Crippen MR) is 64.7 cm³/mol. The Balaban J connectivity index is 0. The van der Waals surface area contributed by atoms with Gasteiger partial charge in [-0.05, 0) is 17.8 Å². The molecular formula is C8H11F6N2PS. The Morgan fingerprint density at radius 1 is 1.11 bits per heavy atom. The number of nitrogens with two attached hydrogens (primary N) is 1. The van der Waals surface area contributed by atoms with Gasteiger partial charge in [0, 0.05) is 6.54 Å². The quantitative estimate of drug-likeness (QED) is 0.479. The van der Waals surface area contributed by atoms with Gasteiger partial charge >= 0.3 is 34.4 Å². The van der Waals surface area contributed by atoms with Crippen molar-refractivity contribution in [3.05, 3.63) is 35.9 Å². The number of halogens is 6. The molecule has 0 heterocycles. The Morgan fingerprint density at radius 2 is 1.50 bits per heavy atom. The van der Waals surface area contributed by atoms with Gasteiger partial charge in [0.25, 0.3) is 0 Å². The summed E-state index contributed by atoms with van der Waals surface area (Å²) in [5.74, 6) is 0. The molecule has 0 saturated heterocycles. The number of hydrogen-bond acceptors (Lipinski definition) is 1. The van der Waals surface area contributed by atoms with E-state index in [9.17, 15) is 25.2 Å². The molecule has 0 saturated carbocycles. The first kappa shape index (κ1) is 16.9. The summed E-state index contributed by atoms with van der Waals surface area (Å²) in [7, 11) is -10.7. The summed E-state index contributed by atoms with van der Waals surface area (Å²) >= 11 is 4.66. The summed E-state index contributed by atoms with van der Waals surface area (Å²) in [5.41, 5.74) is 6.44. The molecule has 10 heteroatoms. The minimum absolute atomic E-state index is 0. The van der Waals surface area contributed by atoms with Gasteiger partial charge in [0.1, 0.15) is 0 Å². The Hall–Kier alpha value is -1.08. The zero-order chi connectivity index (χ0) is 14.5. The molecule has 18 heavy (non-hydrogen) atoms. The van der Waals surface area contributed by atoms with Crippen molar-refractivity contribution in [3.8, 4) is 0 Å². The Kier molecular flexibility index (Phi) is 4.60. The average molecular weight is 312 g/mol. The van der Waals surface area contributed by atoms with Crippen LogP contribution in [0.3, 0.4) is 0 Å². The maximum atomic E-state index is 9.87. The van der Waals surface area contributed by atoms with E-state index >= 15 is 0 Å². The first-order valence-corrected chi connectivity index (χ1v) is 6.81. The van der Waals surface area contributed by atoms with E-state index in [0.29, 0.717) is 11.7 Å². The van der Waals surface area contributed by atoms with Crippen LogP contribution in [0.5, 0.6) is 0 Å². The smallest absolute Gasteiger partial charge is 0.376 e. The molecule has 0 spiro atoms. The fourth-order valence-corrected chi connectivity index (χ4v) is 0.857. The van der Waals surface area contributed by atoms with E-state index in [1.165, 1.54) is 5.56 Å². The first-order valence-electron chi connectivity index (χ1n) is 4.37. The van der Waals surface area contributed by atoms with Crippen molar-refractivity contribution >= 4 is 25.1 Å². The van der Waals surface area contributed by atoms with Crippen LogP contribution < -0.4 is 11.1 Å². The van der Waals surface area contributed by atoms with E-state index in [1.807, 2.05) is 30.3 Å². The SMILES string of the molecule is F[P-](F)(F)(F)(F)F.NC(=S)NCc1ccccc1.[H+]. The molecular weight excluding hydrogens is 301 g/mol. The summed E-state index contributed by atoms with van der Waals surface area (Å²) in [6, 6.07) is 9.98. The van der Waals surface area contributed by atoms with Crippen molar-refractivity contribution in [3.63, 3.8) is 0 Å². The van der Waals surface area contributed by atoms with Crippen LogP contribution in [-0.4, -0.2) is 5.11 Å². The van der Waals surface area contributed by atoms with Crippen molar-refractivity contribution in [2.45, 2.75) is 6.54 Å². The van der Waals surface area contributed by atoms with Crippen molar-refractivity contribution in [2.75, 3.05) is 0 Å². The fourth-order valence-electron chi connectivity index (χ4n) is 0.785. The second-order valence-electron chi connectivity index (χ2n) is 3.16. The third-order valence-corrected chi connectivity index (χ3v) is 1.45. The summed E-state index contributed by atoms with van der Waals surface area (Å²) < 4.78 is 59.2. The molecule has 0 aliphatic rings. The molecule has 0 aliphatic heterocycles. The van der Waals surface area contributed by atoms with Crippen LogP contribution in [0.1, 0.15) is 6.99 Å². The van der Waals surface area contributed by atoms with Gasteiger partial charge in [-0.2, -0.15) is 0 Å². The van der Waals surface area contributed by atoms with Gasteiger partial charge < -0.3 is 11.1 Å². The molecule has 0 aliphatic carbocycles. The number of hydrogen-bond donors (Lipinski definition) is 2. The molecule has 106 valence electrons. The molecule has 1 aromatic carbocycles.